The van der Waals surface area contributed by atoms with E-state index in [0.717, 1.165) is 17.1 Å². The first kappa shape index (κ1) is 15.1. The van der Waals surface area contributed by atoms with Gasteiger partial charge in [0, 0.05) is 11.4 Å². The quantitative estimate of drug-likeness (QED) is 0.530. The molecule has 1 aromatic rings. The molecule has 0 aliphatic carbocycles. The van der Waals surface area contributed by atoms with Crippen LogP contribution in [0.5, 0.6) is 0 Å². The standard InChI is InChI=1S/C11H19N3O2S2/c1-3-7-17-9-5-6-10(12)11(8-9)14-18(15,16)13-4-2/h5-6,8,13-14H,3-4,7,12H2,1-2H3. The smallest absolute Gasteiger partial charge is 0.299 e. The van der Waals surface area contributed by atoms with Crippen molar-refractivity contribution < 1.29 is 8.42 Å². The zero-order valence-electron chi connectivity index (χ0n) is 10.6. The van der Waals surface area contributed by atoms with E-state index in [0.29, 0.717) is 17.9 Å². The number of hydrogen-bond acceptors (Lipinski definition) is 4. The number of rotatable bonds is 7. The highest BCUT2D eigenvalue weighted by Crippen LogP contribution is 2.27. The third-order valence-corrected chi connectivity index (χ3v) is 4.43. The average molecular weight is 289 g/mol. The largest absolute Gasteiger partial charge is 0.397 e. The van der Waals surface area contributed by atoms with Crippen molar-refractivity contribution in [2.24, 2.45) is 0 Å². The second kappa shape index (κ2) is 6.86. The Morgan fingerprint density at radius 1 is 1.33 bits per heavy atom. The molecule has 0 amide bonds. The minimum absolute atomic E-state index is 0.333. The van der Waals surface area contributed by atoms with Crippen LogP contribution in [-0.4, -0.2) is 20.7 Å². The second-order valence-corrected chi connectivity index (χ2v) is 6.37. The fourth-order valence-corrected chi connectivity index (χ4v) is 3.03. The zero-order valence-corrected chi connectivity index (χ0v) is 12.2. The van der Waals surface area contributed by atoms with Gasteiger partial charge in [-0.2, -0.15) is 13.1 Å². The minimum atomic E-state index is -3.53. The number of hydrogen-bond donors (Lipinski definition) is 3. The summed E-state index contributed by atoms with van der Waals surface area (Å²) in [6, 6.07) is 5.35. The molecule has 1 aromatic carbocycles. The van der Waals surface area contributed by atoms with Crippen LogP contribution < -0.4 is 15.2 Å². The Bertz CT molecular complexity index is 489. The number of nitrogens with two attached hydrogens (primary N) is 1. The molecule has 7 heteroatoms. The van der Waals surface area contributed by atoms with Crippen molar-refractivity contribution >= 4 is 33.3 Å². The van der Waals surface area contributed by atoms with Gasteiger partial charge in [0.2, 0.25) is 0 Å². The molecule has 0 saturated carbocycles. The van der Waals surface area contributed by atoms with Crippen molar-refractivity contribution in [3.63, 3.8) is 0 Å². The fraction of sp³-hybridized carbons (Fsp3) is 0.455. The predicted octanol–water partition coefficient (Wildman–Crippen LogP) is 2.04. The Labute approximate surface area is 113 Å². The highest BCUT2D eigenvalue weighted by atomic mass is 32.2. The van der Waals surface area contributed by atoms with E-state index in [1.165, 1.54) is 0 Å². The lowest BCUT2D eigenvalue weighted by Crippen LogP contribution is -2.30. The van der Waals surface area contributed by atoms with Gasteiger partial charge in [-0.15, -0.1) is 11.8 Å². The molecular formula is C11H19N3O2S2. The molecule has 0 aliphatic heterocycles. The van der Waals surface area contributed by atoms with Crippen LogP contribution in [0.1, 0.15) is 20.3 Å². The Morgan fingerprint density at radius 2 is 2.06 bits per heavy atom. The van der Waals surface area contributed by atoms with Crippen LogP contribution in [0.3, 0.4) is 0 Å². The molecule has 0 aromatic heterocycles. The van der Waals surface area contributed by atoms with E-state index in [-0.39, 0.29) is 0 Å². The van der Waals surface area contributed by atoms with Gasteiger partial charge in [-0.05, 0) is 30.4 Å². The SMILES string of the molecule is CCCSc1ccc(N)c(NS(=O)(=O)NCC)c1. The van der Waals surface area contributed by atoms with Crippen LogP contribution in [0.2, 0.25) is 0 Å². The number of benzene rings is 1. The lowest BCUT2D eigenvalue weighted by molar-refractivity contribution is 0.589. The molecule has 0 unspecified atom stereocenters. The maximum Gasteiger partial charge on any atom is 0.299 e. The highest BCUT2D eigenvalue weighted by molar-refractivity contribution is 7.99. The topological polar surface area (TPSA) is 84.2 Å². The van der Waals surface area contributed by atoms with Gasteiger partial charge in [-0.25, -0.2) is 0 Å². The summed E-state index contributed by atoms with van der Waals surface area (Å²) in [6.07, 6.45) is 1.06. The molecule has 0 aliphatic rings. The fourth-order valence-electron chi connectivity index (χ4n) is 1.30. The van der Waals surface area contributed by atoms with Crippen LogP contribution in [0.15, 0.2) is 23.1 Å². The number of nitrogens with one attached hydrogen (secondary N) is 2. The predicted molar refractivity (Wildman–Crippen MR) is 78.1 cm³/mol. The van der Waals surface area contributed by atoms with Crippen LogP contribution in [0.25, 0.3) is 0 Å². The summed E-state index contributed by atoms with van der Waals surface area (Å²) in [5, 5.41) is 0. The van der Waals surface area contributed by atoms with Crippen molar-refractivity contribution in [1.82, 2.24) is 4.72 Å². The summed E-state index contributed by atoms with van der Waals surface area (Å²) in [4.78, 5) is 1.00. The summed E-state index contributed by atoms with van der Waals surface area (Å²) in [6.45, 7) is 4.15. The Hall–Kier alpha value is -0.920. The molecule has 0 heterocycles. The van der Waals surface area contributed by atoms with Gasteiger partial charge in [0.15, 0.2) is 0 Å². The van der Waals surface area contributed by atoms with Crippen LogP contribution >= 0.6 is 11.8 Å². The van der Waals surface area contributed by atoms with Crippen molar-refractivity contribution in [3.8, 4) is 0 Å². The maximum atomic E-state index is 11.6. The molecule has 1 rings (SSSR count). The second-order valence-electron chi connectivity index (χ2n) is 3.70. The Morgan fingerprint density at radius 3 is 2.67 bits per heavy atom. The minimum Gasteiger partial charge on any atom is -0.397 e. The molecule has 0 atom stereocenters. The molecule has 18 heavy (non-hydrogen) atoms. The summed E-state index contributed by atoms with van der Waals surface area (Å²) in [7, 11) is -3.53. The molecule has 102 valence electrons. The van der Waals surface area contributed by atoms with Gasteiger partial charge in [-0.1, -0.05) is 13.8 Å². The summed E-state index contributed by atoms with van der Waals surface area (Å²) >= 11 is 1.67. The zero-order chi connectivity index (χ0) is 13.6. The molecule has 0 radical (unpaired) electrons. The molecule has 5 nitrogen and oxygen atoms in total. The number of nitrogen functional groups attached to an aromatic ring is 1. The Balaban J connectivity index is 2.87. The summed E-state index contributed by atoms with van der Waals surface area (Å²) < 4.78 is 28.0. The first-order valence-electron chi connectivity index (χ1n) is 5.78. The van der Waals surface area contributed by atoms with Crippen LogP contribution in [0.4, 0.5) is 11.4 Å². The van der Waals surface area contributed by atoms with Gasteiger partial charge in [0.05, 0.1) is 11.4 Å². The Kier molecular flexibility index (Phi) is 5.77. The van der Waals surface area contributed by atoms with E-state index in [9.17, 15) is 8.42 Å². The van der Waals surface area contributed by atoms with Gasteiger partial charge in [0.1, 0.15) is 0 Å². The van der Waals surface area contributed by atoms with Crippen molar-refractivity contribution in [2.75, 3.05) is 22.8 Å². The van der Waals surface area contributed by atoms with Crippen LogP contribution in [0, 0.1) is 0 Å². The van der Waals surface area contributed by atoms with Crippen LogP contribution in [-0.2, 0) is 10.2 Å². The first-order chi connectivity index (χ1) is 8.48. The third-order valence-electron chi connectivity index (χ3n) is 2.08. The molecular weight excluding hydrogens is 270 g/mol. The molecule has 4 N–H and O–H groups in total. The molecule has 0 saturated heterocycles. The lowest BCUT2D eigenvalue weighted by atomic mass is 10.3. The molecule has 0 bridgehead atoms. The van der Waals surface area contributed by atoms with E-state index in [1.54, 1.807) is 30.8 Å². The van der Waals surface area contributed by atoms with Crippen molar-refractivity contribution in [3.05, 3.63) is 18.2 Å². The number of thioether (sulfide) groups is 1. The summed E-state index contributed by atoms with van der Waals surface area (Å²) in [5.41, 5.74) is 6.59. The average Bonchev–Trinajstić information content (AvgIpc) is 2.29. The van der Waals surface area contributed by atoms with Crippen molar-refractivity contribution in [2.45, 2.75) is 25.2 Å². The van der Waals surface area contributed by atoms with E-state index in [1.807, 2.05) is 6.07 Å². The first-order valence-corrected chi connectivity index (χ1v) is 8.25. The maximum absolute atomic E-state index is 11.6. The highest BCUT2D eigenvalue weighted by Gasteiger charge is 2.10. The van der Waals surface area contributed by atoms with E-state index in [2.05, 4.69) is 16.4 Å². The van der Waals surface area contributed by atoms with E-state index < -0.39 is 10.2 Å². The number of anilines is 2. The summed E-state index contributed by atoms with van der Waals surface area (Å²) in [5.74, 6) is 0.989. The van der Waals surface area contributed by atoms with Gasteiger partial charge < -0.3 is 5.73 Å². The third kappa shape index (κ3) is 4.75. The lowest BCUT2D eigenvalue weighted by Gasteiger charge is -2.11. The van der Waals surface area contributed by atoms with Gasteiger partial charge in [0.25, 0.3) is 10.2 Å². The van der Waals surface area contributed by atoms with E-state index in [4.69, 9.17) is 5.73 Å². The molecule has 0 spiro atoms. The monoisotopic (exact) mass is 289 g/mol. The normalized spacial score (nSPS) is 11.4. The van der Waals surface area contributed by atoms with Gasteiger partial charge >= 0.3 is 0 Å². The van der Waals surface area contributed by atoms with Crippen molar-refractivity contribution in [1.29, 1.82) is 0 Å². The molecule has 0 fully saturated rings. The van der Waals surface area contributed by atoms with E-state index >= 15 is 0 Å². The van der Waals surface area contributed by atoms with Gasteiger partial charge in [-0.3, -0.25) is 4.72 Å².